The van der Waals surface area contributed by atoms with Gasteiger partial charge in [-0.25, -0.2) is 9.59 Å². The maximum absolute atomic E-state index is 12.2. The Labute approximate surface area is 186 Å². The highest BCUT2D eigenvalue weighted by molar-refractivity contribution is 6.33. The summed E-state index contributed by atoms with van der Waals surface area (Å²) in [4.78, 5) is 24.1. The maximum atomic E-state index is 12.2. The number of halogens is 1. The minimum Gasteiger partial charge on any atom is -0.479 e. The fourth-order valence-corrected chi connectivity index (χ4v) is 3.71. The zero-order valence-corrected chi connectivity index (χ0v) is 19.0. The van der Waals surface area contributed by atoms with Gasteiger partial charge in [-0.2, -0.15) is 0 Å². The molecular weight excluding hydrogens is 416 g/mol. The second-order valence-electron chi connectivity index (χ2n) is 7.68. The molecule has 0 N–H and O–H groups in total. The smallest absolute Gasteiger partial charge is 0.347 e. The van der Waals surface area contributed by atoms with Gasteiger partial charge in [-0.1, -0.05) is 44.0 Å². The van der Waals surface area contributed by atoms with Crippen LogP contribution < -0.4 is 10.4 Å². The zero-order valence-electron chi connectivity index (χ0n) is 18.2. The number of rotatable bonds is 8. The second-order valence-corrected chi connectivity index (χ2v) is 8.09. The Hall–Kier alpha value is -2.79. The fraction of sp³-hybridized carbons (Fsp3) is 0.360. The number of fused-ring (bicyclic) bond motifs is 1. The van der Waals surface area contributed by atoms with E-state index >= 15 is 0 Å². The van der Waals surface area contributed by atoms with Gasteiger partial charge in [0.1, 0.15) is 11.3 Å². The zero-order chi connectivity index (χ0) is 22.5. The first-order valence-corrected chi connectivity index (χ1v) is 10.9. The van der Waals surface area contributed by atoms with Crippen LogP contribution in [0.5, 0.6) is 5.75 Å². The van der Waals surface area contributed by atoms with E-state index in [1.165, 1.54) is 11.6 Å². The van der Waals surface area contributed by atoms with Crippen molar-refractivity contribution < 1.29 is 18.7 Å². The first-order chi connectivity index (χ1) is 14.8. The maximum Gasteiger partial charge on any atom is 0.347 e. The van der Waals surface area contributed by atoms with Gasteiger partial charge in [0.2, 0.25) is 0 Å². The molecule has 3 aromatic rings. The summed E-state index contributed by atoms with van der Waals surface area (Å²) in [5.74, 6) is 0.521. The summed E-state index contributed by atoms with van der Waals surface area (Å²) in [5, 5.41) is 1.32. The van der Waals surface area contributed by atoms with Crippen LogP contribution in [-0.4, -0.2) is 18.7 Å². The predicted octanol–water partition coefficient (Wildman–Crippen LogP) is 6.03. The van der Waals surface area contributed by atoms with Crippen molar-refractivity contribution in [2.45, 2.75) is 46.6 Å². The molecule has 0 saturated heterocycles. The first kappa shape index (κ1) is 22.9. The van der Waals surface area contributed by atoms with Crippen molar-refractivity contribution in [3.8, 4) is 16.9 Å². The van der Waals surface area contributed by atoms with Crippen molar-refractivity contribution in [1.82, 2.24) is 0 Å². The van der Waals surface area contributed by atoms with Gasteiger partial charge in [-0.3, -0.25) is 0 Å². The molecule has 1 unspecified atom stereocenters. The predicted molar refractivity (Wildman–Crippen MR) is 123 cm³/mol. The summed E-state index contributed by atoms with van der Waals surface area (Å²) in [5.41, 5.74) is 2.49. The second kappa shape index (κ2) is 10.0. The Kier molecular flexibility index (Phi) is 7.39. The van der Waals surface area contributed by atoms with Gasteiger partial charge in [-0.15, -0.1) is 0 Å². The summed E-state index contributed by atoms with van der Waals surface area (Å²) in [6.45, 7) is 8.00. The highest BCUT2D eigenvalue weighted by Gasteiger charge is 2.17. The van der Waals surface area contributed by atoms with E-state index in [1.807, 2.05) is 18.2 Å². The van der Waals surface area contributed by atoms with Gasteiger partial charge in [0, 0.05) is 33.7 Å². The number of hydrogen-bond acceptors (Lipinski definition) is 5. The van der Waals surface area contributed by atoms with E-state index in [4.69, 9.17) is 25.5 Å². The van der Waals surface area contributed by atoms with Gasteiger partial charge in [0.15, 0.2) is 6.10 Å². The molecule has 3 rings (SSSR count). The molecular formula is C25H27ClO5. The van der Waals surface area contributed by atoms with Gasteiger partial charge in [0.25, 0.3) is 0 Å². The van der Waals surface area contributed by atoms with Crippen LogP contribution in [-0.2, 0) is 16.0 Å². The normalized spacial score (nSPS) is 13.1. The SMILES string of the molecule is CCOC(=O)[C@@H](C)Oc1ccc2c(-c3ccc(CC(C)CC)cc3Cl)cc(=O)oc2c1. The van der Waals surface area contributed by atoms with E-state index in [1.54, 1.807) is 32.0 Å². The molecule has 0 bridgehead atoms. The standard InChI is InChI=1S/C25H27ClO5/c1-5-15(3)11-17-7-9-19(22(26)12-17)21-14-24(27)31-23-13-18(8-10-20(21)23)30-16(4)25(28)29-6-2/h7-10,12-16H,5-6,11H2,1-4H3/t15?,16-/m1/s1. The Morgan fingerprint density at radius 1 is 1.06 bits per heavy atom. The van der Waals surface area contributed by atoms with Crippen LogP contribution >= 0.6 is 11.6 Å². The molecule has 5 nitrogen and oxygen atoms in total. The van der Waals surface area contributed by atoms with E-state index in [0.29, 0.717) is 27.8 Å². The number of esters is 1. The molecule has 1 aromatic heterocycles. The largest absolute Gasteiger partial charge is 0.479 e. The molecule has 2 atom stereocenters. The lowest BCUT2D eigenvalue weighted by Gasteiger charge is -2.14. The molecule has 0 spiro atoms. The summed E-state index contributed by atoms with van der Waals surface area (Å²) in [6, 6.07) is 12.5. The molecule has 0 saturated carbocycles. The van der Waals surface area contributed by atoms with E-state index in [9.17, 15) is 9.59 Å². The molecule has 2 aromatic carbocycles. The van der Waals surface area contributed by atoms with Crippen LogP contribution in [0, 0.1) is 5.92 Å². The van der Waals surface area contributed by atoms with Crippen molar-refractivity contribution in [3.63, 3.8) is 0 Å². The Morgan fingerprint density at radius 3 is 2.52 bits per heavy atom. The monoisotopic (exact) mass is 442 g/mol. The molecule has 6 heteroatoms. The van der Waals surface area contributed by atoms with Gasteiger partial charge >= 0.3 is 11.6 Å². The summed E-state index contributed by atoms with van der Waals surface area (Å²) in [6.07, 6.45) is 1.27. The molecule has 31 heavy (non-hydrogen) atoms. The van der Waals surface area contributed by atoms with E-state index < -0.39 is 17.7 Å². The Morgan fingerprint density at radius 2 is 1.84 bits per heavy atom. The Bertz CT molecular complexity index is 1130. The lowest BCUT2D eigenvalue weighted by molar-refractivity contribution is -0.150. The number of ether oxygens (including phenoxy) is 2. The van der Waals surface area contributed by atoms with Crippen LogP contribution in [0.15, 0.2) is 51.7 Å². The van der Waals surface area contributed by atoms with Crippen molar-refractivity contribution in [2.24, 2.45) is 5.92 Å². The van der Waals surface area contributed by atoms with Crippen molar-refractivity contribution in [2.75, 3.05) is 6.61 Å². The van der Waals surface area contributed by atoms with Gasteiger partial charge in [0.05, 0.1) is 6.61 Å². The highest BCUT2D eigenvalue weighted by Crippen LogP contribution is 2.35. The Balaban J connectivity index is 1.97. The topological polar surface area (TPSA) is 65.7 Å². The summed E-state index contributed by atoms with van der Waals surface area (Å²) >= 11 is 6.60. The number of carbonyl (C=O) groups excluding carboxylic acids is 1. The fourth-order valence-electron chi connectivity index (χ4n) is 3.40. The van der Waals surface area contributed by atoms with Crippen LogP contribution in [0.25, 0.3) is 22.1 Å². The van der Waals surface area contributed by atoms with Crippen LogP contribution in [0.1, 0.15) is 39.7 Å². The first-order valence-electron chi connectivity index (χ1n) is 10.5. The molecule has 0 aliphatic heterocycles. The van der Waals surface area contributed by atoms with Crippen LogP contribution in [0.4, 0.5) is 0 Å². The van der Waals surface area contributed by atoms with E-state index in [-0.39, 0.29) is 6.61 Å². The molecule has 0 aliphatic carbocycles. The lowest BCUT2D eigenvalue weighted by Crippen LogP contribution is -2.26. The molecule has 0 radical (unpaired) electrons. The van der Waals surface area contributed by atoms with E-state index in [0.717, 1.165) is 23.8 Å². The van der Waals surface area contributed by atoms with Crippen molar-refractivity contribution in [1.29, 1.82) is 0 Å². The van der Waals surface area contributed by atoms with Crippen LogP contribution in [0.3, 0.4) is 0 Å². The highest BCUT2D eigenvalue weighted by atomic mass is 35.5. The van der Waals surface area contributed by atoms with Gasteiger partial charge in [-0.05, 0) is 49.9 Å². The summed E-state index contributed by atoms with van der Waals surface area (Å²) < 4.78 is 16.0. The lowest BCUT2D eigenvalue weighted by atomic mass is 9.96. The van der Waals surface area contributed by atoms with Crippen LogP contribution in [0.2, 0.25) is 5.02 Å². The van der Waals surface area contributed by atoms with Crippen molar-refractivity contribution >= 4 is 28.5 Å². The minimum absolute atomic E-state index is 0.277. The van der Waals surface area contributed by atoms with E-state index in [2.05, 4.69) is 13.8 Å². The third kappa shape index (κ3) is 5.47. The molecule has 164 valence electrons. The number of hydrogen-bond donors (Lipinski definition) is 0. The molecule has 0 aliphatic rings. The molecule has 0 fully saturated rings. The third-order valence-corrected chi connectivity index (χ3v) is 5.56. The minimum atomic E-state index is -0.778. The molecule has 0 amide bonds. The van der Waals surface area contributed by atoms with Gasteiger partial charge < -0.3 is 13.9 Å². The quantitative estimate of drug-likeness (QED) is 0.314. The van der Waals surface area contributed by atoms with Crippen molar-refractivity contribution in [3.05, 3.63) is 63.5 Å². The number of benzene rings is 2. The summed E-state index contributed by atoms with van der Waals surface area (Å²) in [7, 11) is 0. The average Bonchev–Trinajstić information content (AvgIpc) is 2.73. The average molecular weight is 443 g/mol. The third-order valence-electron chi connectivity index (χ3n) is 5.25. The molecule has 1 heterocycles. The number of carbonyl (C=O) groups is 1.